The molecule has 1 aromatic heterocycles. The molecule has 1 aromatic carbocycles. The number of ether oxygens (including phenoxy) is 1. The summed E-state index contributed by atoms with van der Waals surface area (Å²) < 4.78 is 11.6. The second-order valence-corrected chi connectivity index (χ2v) is 10.3. The fourth-order valence-electron chi connectivity index (χ4n) is 7.34. The van der Waals surface area contributed by atoms with E-state index in [0.717, 1.165) is 36.1 Å². The largest absolute Gasteiger partial charge is 0.504 e. The summed E-state index contributed by atoms with van der Waals surface area (Å²) >= 11 is 0. The monoisotopic (exact) mass is 450 g/mol. The summed E-state index contributed by atoms with van der Waals surface area (Å²) in [5, 5.41) is 23.2. The molecule has 7 nitrogen and oxygen atoms in total. The maximum absolute atomic E-state index is 13.2. The minimum atomic E-state index is -0.996. The third-order valence-electron chi connectivity index (χ3n) is 8.93. The van der Waals surface area contributed by atoms with E-state index in [0.29, 0.717) is 12.2 Å². The van der Waals surface area contributed by atoms with E-state index in [1.165, 1.54) is 0 Å². The molecule has 2 bridgehead atoms. The maximum atomic E-state index is 13.2. The van der Waals surface area contributed by atoms with Crippen molar-refractivity contribution in [1.82, 2.24) is 9.80 Å². The van der Waals surface area contributed by atoms with Crippen molar-refractivity contribution in [2.24, 2.45) is 5.92 Å². The van der Waals surface area contributed by atoms with Gasteiger partial charge in [0.25, 0.3) is 0 Å². The highest BCUT2D eigenvalue weighted by Gasteiger charge is 2.75. The Morgan fingerprint density at radius 2 is 2.15 bits per heavy atom. The van der Waals surface area contributed by atoms with Crippen molar-refractivity contribution in [3.63, 3.8) is 0 Å². The zero-order valence-electron chi connectivity index (χ0n) is 19.2. The van der Waals surface area contributed by atoms with Crippen LogP contribution in [0.15, 0.2) is 41.2 Å². The summed E-state index contributed by atoms with van der Waals surface area (Å²) in [6.07, 6.45) is 8.11. The van der Waals surface area contributed by atoms with Gasteiger partial charge >= 0.3 is 0 Å². The third kappa shape index (κ3) is 2.49. The molecule has 174 valence electrons. The summed E-state index contributed by atoms with van der Waals surface area (Å²) in [6, 6.07) is 5.21. The lowest BCUT2D eigenvalue weighted by atomic mass is 9.45. The smallest absolute Gasteiger partial charge is 0.246 e. The van der Waals surface area contributed by atoms with Crippen LogP contribution in [0.25, 0.3) is 6.08 Å². The number of likely N-dealkylation sites (tertiary alicyclic amines) is 1. The summed E-state index contributed by atoms with van der Waals surface area (Å²) in [5.74, 6) is 0.425. The Morgan fingerprint density at radius 3 is 2.91 bits per heavy atom. The van der Waals surface area contributed by atoms with Gasteiger partial charge in [0.15, 0.2) is 11.5 Å². The molecule has 2 fully saturated rings. The number of aromatic hydroxyl groups is 1. The van der Waals surface area contributed by atoms with Crippen LogP contribution in [0.2, 0.25) is 0 Å². The van der Waals surface area contributed by atoms with Crippen LogP contribution in [0.4, 0.5) is 0 Å². The van der Waals surface area contributed by atoms with Gasteiger partial charge in [-0.15, -0.1) is 0 Å². The van der Waals surface area contributed by atoms with Crippen LogP contribution in [0.3, 0.4) is 0 Å². The van der Waals surface area contributed by atoms with E-state index in [2.05, 4.69) is 18.9 Å². The molecule has 6 atom stereocenters. The van der Waals surface area contributed by atoms with E-state index in [9.17, 15) is 15.0 Å². The average molecular weight is 451 g/mol. The number of amides is 1. The highest BCUT2D eigenvalue weighted by Crippen LogP contribution is 2.66. The minimum absolute atomic E-state index is 0.0294. The van der Waals surface area contributed by atoms with Crippen LogP contribution in [0.1, 0.15) is 36.5 Å². The number of carbonyl (C=O) groups is 1. The normalized spacial score (nSPS) is 36.5. The summed E-state index contributed by atoms with van der Waals surface area (Å²) in [4.78, 5) is 17.2. The molecule has 0 radical (unpaired) electrons. The van der Waals surface area contributed by atoms with E-state index in [1.807, 2.05) is 13.1 Å². The number of furan rings is 1. The molecule has 2 N–H and O–H groups in total. The van der Waals surface area contributed by atoms with Crippen molar-refractivity contribution in [3.05, 3.63) is 53.5 Å². The molecular formula is C26H30N2O5. The molecule has 1 spiro atoms. The highest BCUT2D eigenvalue weighted by molar-refractivity contribution is 5.92. The van der Waals surface area contributed by atoms with Crippen LogP contribution in [-0.2, 0) is 16.6 Å². The first-order valence-corrected chi connectivity index (χ1v) is 11.7. The van der Waals surface area contributed by atoms with Crippen molar-refractivity contribution < 1.29 is 24.2 Å². The first-order valence-electron chi connectivity index (χ1n) is 11.7. The van der Waals surface area contributed by atoms with Gasteiger partial charge in [0.05, 0.1) is 29.6 Å². The Morgan fingerprint density at radius 1 is 1.33 bits per heavy atom. The predicted molar refractivity (Wildman–Crippen MR) is 122 cm³/mol. The highest BCUT2D eigenvalue weighted by atomic mass is 16.5. The quantitative estimate of drug-likeness (QED) is 0.699. The van der Waals surface area contributed by atoms with E-state index in [4.69, 9.17) is 9.15 Å². The predicted octanol–water partition coefficient (Wildman–Crippen LogP) is 2.56. The van der Waals surface area contributed by atoms with Crippen molar-refractivity contribution in [3.8, 4) is 11.5 Å². The SMILES string of the molecule is C[C@H]1C[C@H](N(C)C(=O)/C=C/c2ccoc2)[C@@H]2Oc3c(O)ccc4c3[C@@]23CCN(C)[C@H](C4)[C@]13O. The van der Waals surface area contributed by atoms with Gasteiger partial charge < -0.3 is 29.2 Å². The molecule has 3 heterocycles. The van der Waals surface area contributed by atoms with E-state index >= 15 is 0 Å². The Bertz CT molecular complexity index is 1140. The zero-order chi connectivity index (χ0) is 23.1. The van der Waals surface area contributed by atoms with Gasteiger partial charge in [-0.1, -0.05) is 13.0 Å². The van der Waals surface area contributed by atoms with Gasteiger partial charge in [0.1, 0.15) is 6.10 Å². The molecule has 6 rings (SSSR count). The number of hydrogen-bond donors (Lipinski definition) is 2. The summed E-state index contributed by atoms with van der Waals surface area (Å²) in [5.41, 5.74) is 1.27. The molecule has 33 heavy (non-hydrogen) atoms. The molecule has 1 saturated carbocycles. The van der Waals surface area contributed by atoms with Crippen molar-refractivity contribution in [1.29, 1.82) is 0 Å². The average Bonchev–Trinajstić information content (AvgIpc) is 3.43. The first kappa shape index (κ1) is 20.8. The molecular weight excluding hydrogens is 420 g/mol. The number of carbonyl (C=O) groups excluding carboxylic acids is 1. The fourth-order valence-corrected chi connectivity index (χ4v) is 7.34. The van der Waals surface area contributed by atoms with E-state index in [-0.39, 0.29) is 29.7 Å². The lowest BCUT2D eigenvalue weighted by molar-refractivity contribution is -0.220. The molecule has 1 saturated heterocycles. The van der Waals surface area contributed by atoms with Crippen molar-refractivity contribution in [2.45, 2.75) is 55.4 Å². The Balaban J connectivity index is 1.45. The number of phenols is 1. The lowest BCUT2D eigenvalue weighted by Crippen LogP contribution is -2.80. The van der Waals surface area contributed by atoms with Gasteiger partial charge in [0.2, 0.25) is 5.91 Å². The first-order chi connectivity index (χ1) is 15.8. The summed E-state index contributed by atoms with van der Waals surface area (Å²) in [7, 11) is 3.89. The minimum Gasteiger partial charge on any atom is -0.504 e. The number of benzene rings is 1. The number of aliphatic hydroxyl groups is 1. The molecule has 7 heteroatoms. The number of phenolic OH excluding ortho intramolecular Hbond substituents is 1. The maximum Gasteiger partial charge on any atom is 0.246 e. The third-order valence-corrected chi connectivity index (χ3v) is 8.93. The van der Waals surface area contributed by atoms with Crippen LogP contribution in [-0.4, -0.2) is 70.3 Å². The molecule has 2 aliphatic heterocycles. The Labute approximate surface area is 193 Å². The number of piperidine rings is 1. The van der Waals surface area contributed by atoms with Crippen LogP contribution >= 0.6 is 0 Å². The van der Waals surface area contributed by atoms with Gasteiger partial charge in [-0.2, -0.15) is 0 Å². The lowest BCUT2D eigenvalue weighted by Gasteiger charge is -2.66. The van der Waals surface area contributed by atoms with Crippen LogP contribution in [0.5, 0.6) is 11.5 Å². The van der Waals surface area contributed by atoms with Gasteiger partial charge in [-0.05, 0) is 62.5 Å². The number of hydrogen-bond acceptors (Lipinski definition) is 6. The van der Waals surface area contributed by atoms with E-state index < -0.39 is 17.1 Å². The van der Waals surface area contributed by atoms with Crippen molar-refractivity contribution >= 4 is 12.0 Å². The molecule has 2 aromatic rings. The molecule has 0 unspecified atom stereocenters. The number of rotatable bonds is 3. The second-order valence-electron chi connectivity index (χ2n) is 10.3. The van der Waals surface area contributed by atoms with Gasteiger partial charge in [-0.3, -0.25) is 4.79 Å². The molecule has 4 aliphatic rings. The fraction of sp³-hybridized carbons (Fsp3) is 0.500. The second kappa shape index (κ2) is 6.87. The topological polar surface area (TPSA) is 86.4 Å². The van der Waals surface area contributed by atoms with Crippen LogP contribution in [0, 0.1) is 5.92 Å². The van der Waals surface area contributed by atoms with E-state index in [1.54, 1.807) is 41.7 Å². The van der Waals surface area contributed by atoms with Crippen molar-refractivity contribution in [2.75, 3.05) is 20.6 Å². The number of likely N-dealkylation sites (N-methyl/N-ethyl adjacent to an activating group) is 2. The number of nitrogens with zero attached hydrogens (tertiary/aromatic N) is 2. The summed E-state index contributed by atoms with van der Waals surface area (Å²) in [6.45, 7) is 2.93. The van der Waals surface area contributed by atoms with Gasteiger partial charge in [0, 0.05) is 30.3 Å². The standard InChI is InChI=1S/C26H30N2O5/c1-15-12-18(28(3)21(30)7-4-16-8-11-32-14-16)24-25-9-10-27(2)20(26(15,25)31)13-17-5-6-19(29)23(33-24)22(17)25/h4-8,11,14-15,18,20,24,29,31H,9-10,12-13H2,1-3H3/b7-4+/t15-,18-,20+,24-,25-,26+/m0/s1. The molecule has 1 amide bonds. The Hall–Kier alpha value is -2.77. The zero-order valence-corrected chi connectivity index (χ0v) is 19.2. The van der Waals surface area contributed by atoms with Gasteiger partial charge in [-0.25, -0.2) is 0 Å². The van der Waals surface area contributed by atoms with Crippen LogP contribution < -0.4 is 4.74 Å². The molecule has 2 aliphatic carbocycles. The Kier molecular flexibility index (Phi) is 4.33.